The van der Waals surface area contributed by atoms with Crippen molar-refractivity contribution in [3.05, 3.63) is 51.1 Å². The van der Waals surface area contributed by atoms with E-state index in [2.05, 4.69) is 10.6 Å². The van der Waals surface area contributed by atoms with Crippen LogP contribution in [0.1, 0.15) is 62.1 Å². The third kappa shape index (κ3) is 4.90. The van der Waals surface area contributed by atoms with Gasteiger partial charge in [0.25, 0.3) is 11.8 Å². The molecule has 2 unspecified atom stereocenters. The van der Waals surface area contributed by atoms with Gasteiger partial charge in [-0.25, -0.2) is 4.39 Å². The number of ether oxygens (including phenoxy) is 1. The first-order valence-corrected chi connectivity index (χ1v) is 11.0. The number of nitrogens with one attached hydrogen (secondary N) is 2. The molecule has 1 aromatic heterocycles. The number of carbonyl (C=O) groups is 2. The number of halogens is 7. The summed E-state index contributed by atoms with van der Waals surface area (Å²) in [7, 11) is 0. The third-order valence-electron chi connectivity index (χ3n) is 5.56. The van der Waals surface area contributed by atoms with E-state index in [0.29, 0.717) is 35.4 Å². The van der Waals surface area contributed by atoms with E-state index in [1.54, 1.807) is 0 Å². The minimum Gasteiger partial charge on any atom is -0.369 e. The molecule has 2 amide bonds. The maximum absolute atomic E-state index is 14.3. The molecule has 1 saturated heterocycles. The highest BCUT2D eigenvalue weighted by Gasteiger charge is 2.41. The van der Waals surface area contributed by atoms with Gasteiger partial charge < -0.3 is 15.4 Å². The predicted molar refractivity (Wildman–Crippen MR) is 107 cm³/mol. The largest absolute Gasteiger partial charge is 0.417 e. The Morgan fingerprint density at radius 2 is 1.79 bits per heavy atom. The number of thiophene rings is 1. The lowest BCUT2D eigenvalue weighted by Gasteiger charge is -2.21. The molecule has 4 rings (SSSR count). The lowest BCUT2D eigenvalue weighted by atomic mass is 10.0. The average Bonchev–Trinajstić information content (AvgIpc) is 3.28. The molecule has 0 radical (unpaired) electrons. The number of alkyl halides is 6. The van der Waals surface area contributed by atoms with Crippen molar-refractivity contribution in [2.24, 2.45) is 0 Å². The Morgan fingerprint density at radius 3 is 2.47 bits per heavy atom. The number of benzene rings is 1. The summed E-state index contributed by atoms with van der Waals surface area (Å²) < 4.78 is 97.5. The first kappa shape index (κ1) is 24.5. The average molecular weight is 510 g/mol. The Balaban J connectivity index is 1.68. The van der Waals surface area contributed by atoms with E-state index in [-0.39, 0.29) is 23.1 Å². The Bertz CT molecular complexity index is 1130. The van der Waals surface area contributed by atoms with Gasteiger partial charge in [-0.15, -0.1) is 11.3 Å². The van der Waals surface area contributed by atoms with Gasteiger partial charge in [0.1, 0.15) is 10.8 Å². The topological polar surface area (TPSA) is 67.4 Å². The monoisotopic (exact) mass is 510 g/mol. The summed E-state index contributed by atoms with van der Waals surface area (Å²) in [6, 6.07) is 2.06. The lowest BCUT2D eigenvalue weighted by Crippen LogP contribution is -2.30. The van der Waals surface area contributed by atoms with Crippen molar-refractivity contribution >= 4 is 28.2 Å². The molecule has 0 aliphatic carbocycles. The Labute approximate surface area is 192 Å². The molecule has 5 nitrogen and oxygen atoms in total. The first-order valence-electron chi connectivity index (χ1n) is 10.2. The summed E-state index contributed by atoms with van der Waals surface area (Å²) in [5, 5.41) is 4.16. The SMILES string of the molecule is O=C(Nc1sc2c(c1C(=O)NCCC(F)(F)F)CC1CCC2O1)c1c(F)cccc1C(F)(F)F. The number of hydrogen-bond donors (Lipinski definition) is 2. The number of rotatable bonds is 5. The minimum absolute atomic E-state index is 0.138. The molecule has 0 saturated carbocycles. The summed E-state index contributed by atoms with van der Waals surface area (Å²) in [4.78, 5) is 26.1. The first-order chi connectivity index (χ1) is 15.8. The zero-order valence-electron chi connectivity index (χ0n) is 17.2. The van der Waals surface area contributed by atoms with Crippen LogP contribution in [0.25, 0.3) is 0 Å². The van der Waals surface area contributed by atoms with E-state index in [1.807, 2.05) is 0 Å². The van der Waals surface area contributed by atoms with Gasteiger partial charge in [0.15, 0.2) is 0 Å². The molecule has 2 atom stereocenters. The summed E-state index contributed by atoms with van der Waals surface area (Å²) in [5.74, 6) is -3.76. The van der Waals surface area contributed by atoms with Gasteiger partial charge in [-0.3, -0.25) is 9.59 Å². The number of hydrogen-bond acceptors (Lipinski definition) is 4. The molecule has 1 fully saturated rings. The molecular weight excluding hydrogens is 493 g/mol. The molecule has 3 heterocycles. The lowest BCUT2D eigenvalue weighted by molar-refractivity contribution is -0.138. The maximum Gasteiger partial charge on any atom is 0.417 e. The van der Waals surface area contributed by atoms with Crippen LogP contribution in [-0.4, -0.2) is 30.6 Å². The summed E-state index contributed by atoms with van der Waals surface area (Å²) >= 11 is 0.887. The third-order valence-corrected chi connectivity index (χ3v) is 6.80. The fourth-order valence-corrected chi connectivity index (χ4v) is 5.41. The van der Waals surface area contributed by atoms with Gasteiger partial charge in [-0.1, -0.05) is 6.07 Å². The van der Waals surface area contributed by atoms with Crippen molar-refractivity contribution < 1.29 is 45.1 Å². The number of anilines is 1. The fraction of sp³-hybridized carbons (Fsp3) is 0.429. The smallest absolute Gasteiger partial charge is 0.369 e. The molecule has 2 aromatic rings. The summed E-state index contributed by atoms with van der Waals surface area (Å²) in [5.41, 5.74) is -2.42. The molecule has 2 aliphatic rings. The Morgan fingerprint density at radius 1 is 1.06 bits per heavy atom. The molecular formula is C21H17F7N2O3S. The van der Waals surface area contributed by atoms with E-state index >= 15 is 0 Å². The standard InChI is InChI=1S/C21H17F7N2O3S/c22-12-3-1-2-11(21(26,27)28)15(12)18(32)30-19-14(17(31)29-7-6-20(23,24)25)10-8-9-4-5-13(33-9)16(10)34-19/h1-3,9,13H,4-8H2,(H,29,31)(H,30,32). The maximum atomic E-state index is 14.3. The van der Waals surface area contributed by atoms with Crippen molar-refractivity contribution in [3.8, 4) is 0 Å². The number of carbonyl (C=O) groups excluding carboxylic acids is 2. The second-order valence-corrected chi connectivity index (χ2v) is 8.96. The van der Waals surface area contributed by atoms with Crippen molar-refractivity contribution in [2.45, 2.75) is 50.2 Å². The van der Waals surface area contributed by atoms with Crippen LogP contribution in [0.2, 0.25) is 0 Å². The molecule has 1 aromatic carbocycles. The van der Waals surface area contributed by atoms with E-state index in [1.165, 1.54) is 0 Å². The van der Waals surface area contributed by atoms with Gasteiger partial charge >= 0.3 is 12.4 Å². The summed E-state index contributed by atoms with van der Waals surface area (Å²) in [6.07, 6.45) is -9.86. The Hall–Kier alpha value is -2.67. The van der Waals surface area contributed by atoms with Crippen molar-refractivity contribution in [1.29, 1.82) is 0 Å². The van der Waals surface area contributed by atoms with Gasteiger partial charge in [0, 0.05) is 17.8 Å². The number of fused-ring (bicyclic) bond motifs is 4. The quantitative estimate of drug-likeness (QED) is 0.514. The van der Waals surface area contributed by atoms with Gasteiger partial charge in [-0.05, 0) is 30.5 Å². The summed E-state index contributed by atoms with van der Waals surface area (Å²) in [6.45, 7) is -0.727. The highest BCUT2D eigenvalue weighted by molar-refractivity contribution is 7.17. The molecule has 13 heteroatoms. The van der Waals surface area contributed by atoms with E-state index in [4.69, 9.17) is 4.74 Å². The normalized spacial score (nSPS) is 19.6. The van der Waals surface area contributed by atoms with E-state index in [9.17, 15) is 40.3 Å². The van der Waals surface area contributed by atoms with Crippen molar-refractivity contribution in [3.63, 3.8) is 0 Å². The number of amides is 2. The van der Waals surface area contributed by atoms with Crippen LogP contribution < -0.4 is 10.6 Å². The zero-order valence-corrected chi connectivity index (χ0v) is 18.0. The van der Waals surface area contributed by atoms with Crippen LogP contribution in [0.15, 0.2) is 18.2 Å². The second-order valence-electron chi connectivity index (χ2n) is 7.91. The van der Waals surface area contributed by atoms with Gasteiger partial charge in [0.2, 0.25) is 0 Å². The minimum atomic E-state index is -5.02. The van der Waals surface area contributed by atoms with Gasteiger partial charge in [0.05, 0.1) is 35.3 Å². The predicted octanol–water partition coefficient (Wildman–Crippen LogP) is 5.62. The van der Waals surface area contributed by atoms with Crippen molar-refractivity contribution in [2.75, 3.05) is 11.9 Å². The van der Waals surface area contributed by atoms with Crippen molar-refractivity contribution in [1.82, 2.24) is 5.32 Å². The molecule has 0 spiro atoms. The van der Waals surface area contributed by atoms with Crippen LogP contribution >= 0.6 is 11.3 Å². The van der Waals surface area contributed by atoms with Crippen LogP contribution in [0.5, 0.6) is 0 Å². The molecule has 34 heavy (non-hydrogen) atoms. The zero-order chi connectivity index (χ0) is 24.8. The molecule has 2 bridgehead atoms. The van der Waals surface area contributed by atoms with Crippen LogP contribution in [0.3, 0.4) is 0 Å². The van der Waals surface area contributed by atoms with Crippen LogP contribution in [0.4, 0.5) is 35.7 Å². The highest BCUT2D eigenvalue weighted by Crippen LogP contribution is 2.49. The highest BCUT2D eigenvalue weighted by atomic mass is 32.1. The van der Waals surface area contributed by atoms with Crippen LogP contribution in [0, 0.1) is 5.82 Å². The fourth-order valence-electron chi connectivity index (χ4n) is 4.11. The van der Waals surface area contributed by atoms with Crippen LogP contribution in [-0.2, 0) is 17.3 Å². The van der Waals surface area contributed by atoms with Gasteiger partial charge in [-0.2, -0.15) is 26.3 Å². The van der Waals surface area contributed by atoms with E-state index in [0.717, 1.165) is 17.4 Å². The Kier molecular flexibility index (Phi) is 6.36. The molecule has 2 N–H and O–H groups in total. The van der Waals surface area contributed by atoms with E-state index < -0.39 is 60.2 Å². The molecule has 184 valence electrons. The molecule has 2 aliphatic heterocycles. The second kappa shape index (κ2) is 8.84.